The lowest BCUT2D eigenvalue weighted by Gasteiger charge is -1.87. The Morgan fingerprint density at radius 2 is 2.86 bits per heavy atom. The van der Waals surface area contributed by atoms with Gasteiger partial charge in [0, 0.05) is 7.05 Å². The van der Waals surface area contributed by atoms with Gasteiger partial charge < -0.3 is 10.3 Å². The minimum atomic E-state index is -0.0255. The van der Waals surface area contributed by atoms with E-state index >= 15 is 0 Å². The predicted octanol–water partition coefficient (Wildman–Crippen LogP) is 0.00230. The summed E-state index contributed by atoms with van der Waals surface area (Å²) in [5, 5.41) is 0. The molecule has 7 heavy (non-hydrogen) atoms. The molecule has 2 N–H and O–H groups in total. The van der Waals surface area contributed by atoms with E-state index < -0.39 is 0 Å². The number of anilines is 1. The number of hydrogen-bond donors (Lipinski definition) is 1. The SMILES string of the molecule is [2H]c1nc([2H])n(C)c1N. The molecule has 3 heteroatoms. The smallest absolute Gasteiger partial charge is 0.122 e. The first-order valence-electron chi connectivity index (χ1n) is 2.88. The Balaban J connectivity index is 3.29. The molecular weight excluding hydrogens is 90.1 g/mol. The summed E-state index contributed by atoms with van der Waals surface area (Å²) in [6.45, 7) is 0. The molecule has 1 aromatic heterocycles. The fourth-order valence-electron chi connectivity index (χ4n) is 0.286. The summed E-state index contributed by atoms with van der Waals surface area (Å²) in [5.41, 5.74) is 5.30. The lowest BCUT2D eigenvalue weighted by molar-refractivity contribution is 0.925. The highest BCUT2D eigenvalue weighted by molar-refractivity contribution is 5.23. The number of aromatic nitrogens is 2. The number of rotatable bonds is 0. The maximum Gasteiger partial charge on any atom is 0.122 e. The molecule has 0 aliphatic carbocycles. The fourth-order valence-corrected chi connectivity index (χ4v) is 0.286. The van der Waals surface area contributed by atoms with Crippen LogP contribution in [-0.4, -0.2) is 9.55 Å². The number of nitrogens with zero attached hydrogens (tertiary/aromatic N) is 2. The van der Waals surface area contributed by atoms with Gasteiger partial charge in [-0.25, -0.2) is 4.98 Å². The second-order valence-electron chi connectivity index (χ2n) is 1.27. The van der Waals surface area contributed by atoms with Gasteiger partial charge in [-0.15, -0.1) is 0 Å². The van der Waals surface area contributed by atoms with Gasteiger partial charge in [0.2, 0.25) is 0 Å². The van der Waals surface area contributed by atoms with Gasteiger partial charge in [0.05, 0.1) is 13.8 Å². The lowest BCUT2D eigenvalue weighted by atomic mass is 10.8. The molecule has 3 nitrogen and oxygen atoms in total. The maximum atomic E-state index is 7.03. The molecule has 0 aliphatic heterocycles. The maximum absolute atomic E-state index is 7.03. The van der Waals surface area contributed by atoms with Crippen molar-refractivity contribution in [1.82, 2.24) is 9.55 Å². The number of nitrogen functional groups attached to an aromatic ring is 1. The van der Waals surface area contributed by atoms with Crippen molar-refractivity contribution in [1.29, 1.82) is 0 Å². The molecule has 1 rings (SSSR count). The van der Waals surface area contributed by atoms with Crippen LogP contribution >= 0.6 is 0 Å². The first-order valence-corrected chi connectivity index (χ1v) is 1.88. The molecule has 0 amide bonds. The molecule has 0 unspecified atom stereocenters. The zero-order chi connectivity index (χ0) is 7.02. The fraction of sp³-hybridized carbons (Fsp3) is 0.250. The average molecular weight is 99.1 g/mol. The largest absolute Gasteiger partial charge is 0.384 e. The van der Waals surface area contributed by atoms with Crippen molar-refractivity contribution in [2.24, 2.45) is 7.05 Å². The normalized spacial score (nSPS) is 13.3. The van der Waals surface area contributed by atoms with E-state index in [1.54, 1.807) is 7.05 Å². The van der Waals surface area contributed by atoms with Gasteiger partial charge in [-0.05, 0) is 0 Å². The molecule has 0 spiro atoms. The Bertz CT molecular complexity index is 207. The molecule has 0 aliphatic rings. The molecule has 0 saturated carbocycles. The van der Waals surface area contributed by atoms with Crippen molar-refractivity contribution >= 4 is 5.82 Å². The van der Waals surface area contributed by atoms with Crippen LogP contribution in [0.3, 0.4) is 0 Å². The summed E-state index contributed by atoms with van der Waals surface area (Å²) >= 11 is 0. The zero-order valence-electron chi connectivity index (χ0n) is 5.97. The van der Waals surface area contributed by atoms with Crippen LogP contribution in [0.25, 0.3) is 0 Å². The van der Waals surface area contributed by atoms with Crippen molar-refractivity contribution in [2.45, 2.75) is 0 Å². The molecule has 0 bridgehead atoms. The third kappa shape index (κ3) is 0.559. The van der Waals surface area contributed by atoms with Crippen molar-refractivity contribution < 1.29 is 2.74 Å². The summed E-state index contributed by atoms with van der Waals surface area (Å²) < 4.78 is 15.4. The Hall–Kier alpha value is -0.990. The summed E-state index contributed by atoms with van der Waals surface area (Å²) in [5.74, 6) is 0.236. The van der Waals surface area contributed by atoms with Crippen LogP contribution in [0.5, 0.6) is 0 Å². The van der Waals surface area contributed by atoms with Crippen LogP contribution in [0.4, 0.5) is 5.82 Å². The van der Waals surface area contributed by atoms with Crippen LogP contribution in [0.1, 0.15) is 2.74 Å². The monoisotopic (exact) mass is 99.1 g/mol. The standard InChI is InChI=1S/C4H7N3/c1-7-3-6-2-4(7)5/h2-3H,5H2,1H3/i2D,3D. The molecule has 1 aromatic rings. The Morgan fingerprint density at radius 3 is 3.00 bits per heavy atom. The Morgan fingerprint density at radius 1 is 2.14 bits per heavy atom. The average Bonchev–Trinajstić information content (AvgIpc) is 1.98. The predicted molar refractivity (Wildman–Crippen MR) is 27.6 cm³/mol. The van der Waals surface area contributed by atoms with E-state index in [4.69, 9.17) is 8.48 Å². The van der Waals surface area contributed by atoms with Crippen LogP contribution in [-0.2, 0) is 7.05 Å². The van der Waals surface area contributed by atoms with Crippen LogP contribution in [0.2, 0.25) is 0 Å². The van der Waals surface area contributed by atoms with Gasteiger partial charge in [-0.2, -0.15) is 0 Å². The summed E-state index contributed by atoms with van der Waals surface area (Å²) in [6.07, 6.45) is 0.000000000000000666. The van der Waals surface area contributed by atoms with E-state index in [1.807, 2.05) is 0 Å². The second kappa shape index (κ2) is 1.26. The zero-order valence-corrected chi connectivity index (χ0v) is 3.97. The highest BCUT2D eigenvalue weighted by Crippen LogP contribution is 1.92. The highest BCUT2D eigenvalue weighted by atomic mass is 15.1. The minimum Gasteiger partial charge on any atom is -0.384 e. The van der Waals surface area contributed by atoms with Gasteiger partial charge in [0.15, 0.2) is 0 Å². The quantitative estimate of drug-likeness (QED) is 0.497. The summed E-state index contributed by atoms with van der Waals surface area (Å²) in [6, 6.07) is 0. The van der Waals surface area contributed by atoms with Gasteiger partial charge in [-0.1, -0.05) is 0 Å². The number of nitrogens with two attached hydrogens (primary N) is 1. The molecule has 0 saturated heterocycles. The van der Waals surface area contributed by atoms with Crippen LogP contribution < -0.4 is 5.73 Å². The van der Waals surface area contributed by atoms with Gasteiger partial charge in [0.25, 0.3) is 0 Å². The van der Waals surface area contributed by atoms with E-state index in [0.29, 0.717) is 0 Å². The summed E-state index contributed by atoms with van der Waals surface area (Å²) in [7, 11) is 1.60. The Kier molecular flexibility index (Phi) is 0.422. The van der Waals surface area contributed by atoms with Crippen molar-refractivity contribution in [3.63, 3.8) is 0 Å². The minimum absolute atomic E-state index is 0.0255. The molecular formula is C4H7N3. The van der Waals surface area contributed by atoms with Gasteiger partial charge in [-0.3, -0.25) is 0 Å². The second-order valence-corrected chi connectivity index (χ2v) is 1.27. The van der Waals surface area contributed by atoms with Crippen molar-refractivity contribution in [3.05, 3.63) is 12.5 Å². The lowest BCUT2D eigenvalue weighted by Crippen LogP contribution is -1.92. The van der Waals surface area contributed by atoms with Gasteiger partial charge in [0.1, 0.15) is 7.19 Å². The number of hydrogen-bond acceptors (Lipinski definition) is 2. The third-order valence-electron chi connectivity index (χ3n) is 0.732. The van der Waals surface area contributed by atoms with Crippen LogP contribution in [0, 0.1) is 0 Å². The molecule has 38 valence electrons. The van der Waals surface area contributed by atoms with Crippen molar-refractivity contribution in [2.75, 3.05) is 5.73 Å². The molecule has 0 radical (unpaired) electrons. The first-order chi connectivity index (χ1) is 4.13. The third-order valence-corrected chi connectivity index (χ3v) is 0.732. The molecule has 0 fully saturated rings. The molecule has 0 atom stereocenters. The van der Waals surface area contributed by atoms with Gasteiger partial charge >= 0.3 is 0 Å². The molecule has 1 heterocycles. The van der Waals surface area contributed by atoms with Crippen molar-refractivity contribution in [3.8, 4) is 0 Å². The van der Waals surface area contributed by atoms with E-state index in [-0.39, 0.29) is 18.3 Å². The number of imidazole rings is 1. The highest BCUT2D eigenvalue weighted by Gasteiger charge is 1.84. The van der Waals surface area contributed by atoms with E-state index in [2.05, 4.69) is 4.98 Å². The first kappa shape index (κ1) is 2.35. The Labute approximate surface area is 44.6 Å². The van der Waals surface area contributed by atoms with Crippen LogP contribution in [0.15, 0.2) is 12.5 Å². The van der Waals surface area contributed by atoms with E-state index in [1.165, 1.54) is 4.57 Å². The van der Waals surface area contributed by atoms with E-state index in [9.17, 15) is 0 Å². The molecule has 0 aromatic carbocycles. The topological polar surface area (TPSA) is 43.8 Å². The van der Waals surface area contributed by atoms with E-state index in [0.717, 1.165) is 0 Å². The summed E-state index contributed by atoms with van der Waals surface area (Å²) in [4.78, 5) is 3.48.